The average molecular weight is 143 g/mol. The summed E-state index contributed by atoms with van der Waals surface area (Å²) in [6.45, 7) is 5.89. The third kappa shape index (κ3) is 1.50. The molecular formula is C8H17NO. The fourth-order valence-electron chi connectivity index (χ4n) is 1.72. The van der Waals surface area contributed by atoms with Crippen LogP contribution < -0.4 is 5.32 Å². The number of hydrogen-bond donors (Lipinski definition) is 2. The van der Waals surface area contributed by atoms with Crippen LogP contribution in [-0.4, -0.2) is 23.8 Å². The predicted molar refractivity (Wildman–Crippen MR) is 41.9 cm³/mol. The van der Waals surface area contributed by atoms with Crippen molar-refractivity contribution in [2.24, 2.45) is 5.92 Å². The SMILES string of the molecule is CCC1CCNCC1(C)O. The van der Waals surface area contributed by atoms with E-state index in [9.17, 15) is 5.11 Å². The van der Waals surface area contributed by atoms with Crippen LogP contribution in [-0.2, 0) is 0 Å². The molecule has 0 aromatic rings. The van der Waals surface area contributed by atoms with E-state index < -0.39 is 5.60 Å². The molecule has 0 radical (unpaired) electrons. The quantitative estimate of drug-likeness (QED) is 0.568. The molecule has 2 unspecified atom stereocenters. The molecular weight excluding hydrogens is 126 g/mol. The second-order valence-electron chi connectivity index (χ2n) is 3.43. The van der Waals surface area contributed by atoms with E-state index in [4.69, 9.17) is 0 Å². The molecule has 1 aliphatic rings. The van der Waals surface area contributed by atoms with Gasteiger partial charge < -0.3 is 10.4 Å². The van der Waals surface area contributed by atoms with Crippen LogP contribution in [0.15, 0.2) is 0 Å². The minimum atomic E-state index is -0.465. The predicted octanol–water partition coefficient (Wildman–Crippen LogP) is 0.757. The van der Waals surface area contributed by atoms with Gasteiger partial charge in [0.15, 0.2) is 0 Å². The standard InChI is InChI=1S/C8H17NO/c1-3-7-4-5-9-6-8(7,2)10/h7,9-10H,3-6H2,1-2H3. The van der Waals surface area contributed by atoms with Crippen molar-refractivity contribution in [2.75, 3.05) is 13.1 Å². The van der Waals surface area contributed by atoms with Crippen LogP contribution in [0.2, 0.25) is 0 Å². The average Bonchev–Trinajstić information content (AvgIpc) is 1.87. The lowest BCUT2D eigenvalue weighted by Crippen LogP contribution is -2.49. The maximum Gasteiger partial charge on any atom is 0.0771 e. The summed E-state index contributed by atoms with van der Waals surface area (Å²) < 4.78 is 0. The molecule has 0 aromatic heterocycles. The fourth-order valence-corrected chi connectivity index (χ4v) is 1.72. The van der Waals surface area contributed by atoms with Crippen LogP contribution in [0.4, 0.5) is 0 Å². The molecule has 0 saturated carbocycles. The second-order valence-corrected chi connectivity index (χ2v) is 3.43. The highest BCUT2D eigenvalue weighted by Crippen LogP contribution is 2.25. The molecule has 60 valence electrons. The lowest BCUT2D eigenvalue weighted by atomic mass is 9.82. The molecule has 1 fully saturated rings. The second kappa shape index (κ2) is 2.89. The van der Waals surface area contributed by atoms with Gasteiger partial charge in [0.2, 0.25) is 0 Å². The summed E-state index contributed by atoms with van der Waals surface area (Å²) in [4.78, 5) is 0. The van der Waals surface area contributed by atoms with Gasteiger partial charge in [-0.15, -0.1) is 0 Å². The number of hydrogen-bond acceptors (Lipinski definition) is 2. The van der Waals surface area contributed by atoms with Gasteiger partial charge in [0.1, 0.15) is 0 Å². The Kier molecular flexibility index (Phi) is 2.32. The Bertz CT molecular complexity index is 112. The third-order valence-corrected chi connectivity index (χ3v) is 2.52. The zero-order valence-corrected chi connectivity index (χ0v) is 6.85. The van der Waals surface area contributed by atoms with E-state index in [0.717, 1.165) is 25.9 Å². The van der Waals surface area contributed by atoms with E-state index >= 15 is 0 Å². The van der Waals surface area contributed by atoms with E-state index in [1.54, 1.807) is 0 Å². The van der Waals surface area contributed by atoms with Gasteiger partial charge in [-0.3, -0.25) is 0 Å². The fraction of sp³-hybridized carbons (Fsp3) is 1.00. The minimum absolute atomic E-state index is 0.465. The monoisotopic (exact) mass is 143 g/mol. The summed E-state index contributed by atoms with van der Waals surface area (Å²) in [5, 5.41) is 13.0. The van der Waals surface area contributed by atoms with Crippen molar-refractivity contribution >= 4 is 0 Å². The Morgan fingerprint density at radius 1 is 1.70 bits per heavy atom. The maximum atomic E-state index is 9.77. The van der Waals surface area contributed by atoms with Crippen molar-refractivity contribution in [3.05, 3.63) is 0 Å². The van der Waals surface area contributed by atoms with E-state index in [-0.39, 0.29) is 0 Å². The molecule has 1 saturated heterocycles. The van der Waals surface area contributed by atoms with Crippen molar-refractivity contribution in [3.63, 3.8) is 0 Å². The van der Waals surface area contributed by atoms with E-state index in [2.05, 4.69) is 12.2 Å². The molecule has 0 bridgehead atoms. The van der Waals surface area contributed by atoms with Gasteiger partial charge in [0.05, 0.1) is 5.60 Å². The lowest BCUT2D eigenvalue weighted by Gasteiger charge is -2.36. The summed E-state index contributed by atoms with van der Waals surface area (Å²) in [6.07, 6.45) is 2.21. The Morgan fingerprint density at radius 2 is 2.40 bits per heavy atom. The molecule has 0 aromatic carbocycles. The van der Waals surface area contributed by atoms with Crippen molar-refractivity contribution < 1.29 is 5.11 Å². The van der Waals surface area contributed by atoms with E-state index in [1.807, 2.05) is 6.92 Å². The summed E-state index contributed by atoms with van der Waals surface area (Å²) >= 11 is 0. The zero-order chi connectivity index (χ0) is 7.61. The molecule has 0 amide bonds. The van der Waals surface area contributed by atoms with Crippen molar-refractivity contribution in [2.45, 2.75) is 32.3 Å². The third-order valence-electron chi connectivity index (χ3n) is 2.52. The van der Waals surface area contributed by atoms with Crippen LogP contribution in [0.3, 0.4) is 0 Å². The molecule has 10 heavy (non-hydrogen) atoms. The molecule has 1 rings (SSSR count). The molecule has 1 aliphatic heterocycles. The van der Waals surface area contributed by atoms with Gasteiger partial charge in [-0.25, -0.2) is 0 Å². The van der Waals surface area contributed by atoms with Gasteiger partial charge in [0.25, 0.3) is 0 Å². The first kappa shape index (κ1) is 8.02. The van der Waals surface area contributed by atoms with Gasteiger partial charge in [-0.1, -0.05) is 13.3 Å². The summed E-state index contributed by atoms with van der Waals surface area (Å²) in [6, 6.07) is 0. The topological polar surface area (TPSA) is 32.3 Å². The Morgan fingerprint density at radius 3 is 2.80 bits per heavy atom. The molecule has 2 N–H and O–H groups in total. The van der Waals surface area contributed by atoms with E-state index in [1.165, 1.54) is 0 Å². The highest BCUT2D eigenvalue weighted by Gasteiger charge is 2.32. The molecule has 0 aliphatic carbocycles. The van der Waals surface area contributed by atoms with Crippen LogP contribution in [0.25, 0.3) is 0 Å². The summed E-state index contributed by atoms with van der Waals surface area (Å²) in [5.74, 6) is 0.494. The lowest BCUT2D eigenvalue weighted by molar-refractivity contribution is -0.0208. The maximum absolute atomic E-state index is 9.77. The number of nitrogens with one attached hydrogen (secondary N) is 1. The molecule has 2 atom stereocenters. The Hall–Kier alpha value is -0.0800. The first-order valence-electron chi connectivity index (χ1n) is 4.10. The van der Waals surface area contributed by atoms with Gasteiger partial charge >= 0.3 is 0 Å². The van der Waals surface area contributed by atoms with Crippen LogP contribution in [0, 0.1) is 5.92 Å². The molecule has 1 heterocycles. The first-order valence-corrected chi connectivity index (χ1v) is 4.10. The summed E-state index contributed by atoms with van der Waals surface area (Å²) in [7, 11) is 0. The van der Waals surface area contributed by atoms with E-state index in [0.29, 0.717) is 5.92 Å². The van der Waals surface area contributed by atoms with Crippen molar-refractivity contribution in [1.82, 2.24) is 5.32 Å². The van der Waals surface area contributed by atoms with Crippen LogP contribution >= 0.6 is 0 Å². The summed E-state index contributed by atoms with van der Waals surface area (Å²) in [5.41, 5.74) is -0.465. The van der Waals surface area contributed by atoms with Gasteiger partial charge in [0, 0.05) is 6.54 Å². The number of aliphatic hydroxyl groups is 1. The molecule has 2 nitrogen and oxygen atoms in total. The van der Waals surface area contributed by atoms with Gasteiger partial charge in [-0.05, 0) is 25.8 Å². The number of β-amino-alcohol motifs (C(OH)–C–C–N with tert-alkyl or cyclic N) is 1. The Balaban J connectivity index is 2.51. The highest BCUT2D eigenvalue weighted by atomic mass is 16.3. The van der Waals surface area contributed by atoms with Crippen molar-refractivity contribution in [1.29, 1.82) is 0 Å². The van der Waals surface area contributed by atoms with Gasteiger partial charge in [-0.2, -0.15) is 0 Å². The Labute approximate surface area is 62.6 Å². The van der Waals surface area contributed by atoms with Crippen molar-refractivity contribution in [3.8, 4) is 0 Å². The number of piperidine rings is 1. The zero-order valence-electron chi connectivity index (χ0n) is 6.85. The minimum Gasteiger partial charge on any atom is -0.389 e. The van der Waals surface area contributed by atoms with Crippen LogP contribution in [0.1, 0.15) is 26.7 Å². The normalized spacial score (nSPS) is 41.7. The first-order chi connectivity index (χ1) is 4.67. The highest BCUT2D eigenvalue weighted by molar-refractivity contribution is 4.87. The smallest absolute Gasteiger partial charge is 0.0771 e. The molecule has 2 heteroatoms. The largest absolute Gasteiger partial charge is 0.389 e. The number of rotatable bonds is 1. The molecule has 0 spiro atoms. The van der Waals surface area contributed by atoms with Crippen LogP contribution in [0.5, 0.6) is 0 Å².